The monoisotopic (exact) mass is 416 g/mol. The maximum absolute atomic E-state index is 12.7. The van der Waals surface area contributed by atoms with Crippen LogP contribution in [0, 0.1) is 0 Å². The van der Waals surface area contributed by atoms with E-state index in [0.29, 0.717) is 22.5 Å². The molecule has 0 bridgehead atoms. The third kappa shape index (κ3) is 4.14. The van der Waals surface area contributed by atoms with E-state index in [9.17, 15) is 9.59 Å². The number of likely N-dealkylation sites (tertiary alicyclic amines) is 1. The molecular formula is C21H21ClN2O3S. The van der Waals surface area contributed by atoms with E-state index in [1.807, 2.05) is 6.07 Å². The molecule has 3 aromatic rings. The van der Waals surface area contributed by atoms with Crippen LogP contribution in [0.3, 0.4) is 0 Å². The van der Waals surface area contributed by atoms with Gasteiger partial charge in [0.1, 0.15) is 5.58 Å². The van der Waals surface area contributed by atoms with Crippen LogP contribution in [0.15, 0.2) is 51.0 Å². The minimum Gasteiger partial charge on any atom is -0.451 e. The number of nitrogens with zero attached hydrogens (tertiary/aromatic N) is 1. The first-order chi connectivity index (χ1) is 13.6. The van der Waals surface area contributed by atoms with E-state index in [4.69, 9.17) is 16.0 Å². The molecule has 2 aromatic heterocycles. The Labute approximate surface area is 171 Å². The van der Waals surface area contributed by atoms with Crippen molar-refractivity contribution in [2.24, 2.45) is 0 Å². The molecule has 1 N–H and O–H groups in total. The standard InChI is InChI=1S/C21H21ClN2O3S/c22-14-6-7-18-15(11-14)17(25)12-19(27-18)21(26)23-13-16(20-5-4-10-28-20)24-8-2-1-3-9-24/h4-7,10-12,16H,1-3,8-9,13H2,(H,23,26). The van der Waals surface area contributed by atoms with Gasteiger partial charge in [0.15, 0.2) is 11.2 Å². The third-order valence-corrected chi connectivity index (χ3v) is 6.28. The van der Waals surface area contributed by atoms with Crippen LogP contribution in [0.2, 0.25) is 5.02 Å². The number of rotatable bonds is 5. The number of carbonyl (C=O) groups excluding carboxylic acids is 1. The van der Waals surface area contributed by atoms with Gasteiger partial charge in [-0.15, -0.1) is 11.3 Å². The van der Waals surface area contributed by atoms with Crippen molar-refractivity contribution in [3.8, 4) is 0 Å². The van der Waals surface area contributed by atoms with Gasteiger partial charge in [0.2, 0.25) is 0 Å². The number of halogens is 1. The summed E-state index contributed by atoms with van der Waals surface area (Å²) in [6.07, 6.45) is 3.61. The van der Waals surface area contributed by atoms with Gasteiger partial charge in [0.05, 0.1) is 11.4 Å². The lowest BCUT2D eigenvalue weighted by molar-refractivity contribution is 0.0899. The molecule has 0 radical (unpaired) electrons. The third-order valence-electron chi connectivity index (χ3n) is 5.07. The van der Waals surface area contributed by atoms with Crippen molar-refractivity contribution in [2.45, 2.75) is 25.3 Å². The Balaban J connectivity index is 1.53. The van der Waals surface area contributed by atoms with Gasteiger partial charge in [0, 0.05) is 22.5 Å². The summed E-state index contributed by atoms with van der Waals surface area (Å²) in [5.41, 5.74) is 0.0765. The fraction of sp³-hybridized carbons (Fsp3) is 0.333. The van der Waals surface area contributed by atoms with E-state index in [1.54, 1.807) is 29.5 Å². The van der Waals surface area contributed by atoms with Crippen molar-refractivity contribution in [3.63, 3.8) is 0 Å². The van der Waals surface area contributed by atoms with Crippen molar-refractivity contribution < 1.29 is 9.21 Å². The van der Waals surface area contributed by atoms with Crippen molar-refractivity contribution in [2.75, 3.05) is 19.6 Å². The van der Waals surface area contributed by atoms with Gasteiger partial charge in [-0.05, 0) is 55.6 Å². The average molecular weight is 417 g/mol. The van der Waals surface area contributed by atoms with E-state index in [2.05, 4.69) is 21.7 Å². The van der Waals surface area contributed by atoms with Crippen molar-refractivity contribution in [3.05, 3.63) is 67.7 Å². The van der Waals surface area contributed by atoms with Gasteiger partial charge in [-0.2, -0.15) is 0 Å². The molecule has 1 aliphatic rings. The molecule has 3 heterocycles. The zero-order chi connectivity index (χ0) is 19.5. The first-order valence-corrected chi connectivity index (χ1v) is 10.7. The molecule has 1 unspecified atom stereocenters. The molecule has 0 spiro atoms. The minimum absolute atomic E-state index is 0.0170. The summed E-state index contributed by atoms with van der Waals surface area (Å²) in [5.74, 6) is -0.365. The molecule has 7 heteroatoms. The highest BCUT2D eigenvalue weighted by molar-refractivity contribution is 7.10. The fourth-order valence-electron chi connectivity index (χ4n) is 3.64. The first-order valence-electron chi connectivity index (χ1n) is 9.41. The Bertz CT molecular complexity index is 1030. The largest absolute Gasteiger partial charge is 0.451 e. The second kappa shape index (κ2) is 8.47. The highest BCUT2D eigenvalue weighted by Gasteiger charge is 2.24. The van der Waals surface area contributed by atoms with Crippen LogP contribution in [0.25, 0.3) is 11.0 Å². The summed E-state index contributed by atoms with van der Waals surface area (Å²) in [6, 6.07) is 10.3. The van der Waals surface area contributed by atoms with E-state index in [-0.39, 0.29) is 23.1 Å². The lowest BCUT2D eigenvalue weighted by Gasteiger charge is -2.34. The number of fused-ring (bicyclic) bond motifs is 1. The Morgan fingerprint density at radius 3 is 2.79 bits per heavy atom. The molecule has 0 saturated carbocycles. The minimum atomic E-state index is -0.382. The van der Waals surface area contributed by atoms with Crippen molar-refractivity contribution in [1.82, 2.24) is 10.2 Å². The van der Waals surface area contributed by atoms with E-state index < -0.39 is 0 Å². The summed E-state index contributed by atoms with van der Waals surface area (Å²) < 4.78 is 5.65. The Morgan fingerprint density at radius 2 is 2.04 bits per heavy atom. The highest BCUT2D eigenvalue weighted by Crippen LogP contribution is 2.27. The number of carbonyl (C=O) groups is 1. The van der Waals surface area contributed by atoms with E-state index in [0.717, 1.165) is 13.1 Å². The maximum atomic E-state index is 12.7. The van der Waals surface area contributed by atoms with Gasteiger partial charge < -0.3 is 9.73 Å². The molecule has 5 nitrogen and oxygen atoms in total. The van der Waals surface area contributed by atoms with Gasteiger partial charge in [-0.1, -0.05) is 24.1 Å². The molecule has 146 valence electrons. The van der Waals surface area contributed by atoms with Gasteiger partial charge in [-0.3, -0.25) is 14.5 Å². The summed E-state index contributed by atoms with van der Waals surface area (Å²) in [7, 11) is 0. The molecule has 1 fully saturated rings. The predicted molar refractivity (Wildman–Crippen MR) is 112 cm³/mol. The van der Waals surface area contributed by atoms with Crippen molar-refractivity contribution in [1.29, 1.82) is 0 Å². The topological polar surface area (TPSA) is 62.6 Å². The number of benzene rings is 1. The summed E-state index contributed by atoms with van der Waals surface area (Å²) in [5, 5.41) is 5.84. The number of hydrogen-bond donors (Lipinski definition) is 1. The van der Waals surface area contributed by atoms with E-state index in [1.165, 1.54) is 30.2 Å². The summed E-state index contributed by atoms with van der Waals surface area (Å²) >= 11 is 7.64. The fourth-order valence-corrected chi connectivity index (χ4v) is 4.67. The lowest BCUT2D eigenvalue weighted by Crippen LogP contribution is -2.40. The quantitative estimate of drug-likeness (QED) is 0.666. The van der Waals surface area contributed by atoms with Gasteiger partial charge in [0.25, 0.3) is 5.91 Å². The van der Waals surface area contributed by atoms with Crippen LogP contribution in [0.1, 0.15) is 40.7 Å². The molecular weight excluding hydrogens is 396 g/mol. The normalized spacial score (nSPS) is 16.2. The molecule has 1 amide bonds. The molecule has 1 aromatic carbocycles. The van der Waals surface area contributed by atoms with Gasteiger partial charge >= 0.3 is 0 Å². The zero-order valence-electron chi connectivity index (χ0n) is 15.3. The van der Waals surface area contributed by atoms with Gasteiger partial charge in [-0.25, -0.2) is 0 Å². The Morgan fingerprint density at radius 1 is 1.21 bits per heavy atom. The second-order valence-corrected chi connectivity index (χ2v) is 8.37. The molecule has 1 atom stereocenters. The summed E-state index contributed by atoms with van der Waals surface area (Å²) in [4.78, 5) is 28.7. The number of amides is 1. The number of thiophene rings is 1. The zero-order valence-corrected chi connectivity index (χ0v) is 16.9. The van der Waals surface area contributed by atoms with Crippen LogP contribution < -0.4 is 10.7 Å². The second-order valence-electron chi connectivity index (χ2n) is 6.95. The highest BCUT2D eigenvalue weighted by atomic mass is 35.5. The Hall–Kier alpha value is -2.15. The molecule has 4 rings (SSSR count). The predicted octanol–water partition coefficient (Wildman–Crippen LogP) is 4.46. The van der Waals surface area contributed by atoms with Crippen LogP contribution in [-0.2, 0) is 0 Å². The van der Waals surface area contributed by atoms with E-state index >= 15 is 0 Å². The average Bonchev–Trinajstić information content (AvgIpc) is 3.24. The molecule has 1 aliphatic heterocycles. The Kier molecular flexibility index (Phi) is 5.80. The molecule has 28 heavy (non-hydrogen) atoms. The maximum Gasteiger partial charge on any atom is 0.287 e. The lowest BCUT2D eigenvalue weighted by atomic mass is 10.1. The van der Waals surface area contributed by atoms with Crippen LogP contribution in [-0.4, -0.2) is 30.4 Å². The summed E-state index contributed by atoms with van der Waals surface area (Å²) in [6.45, 7) is 2.54. The number of nitrogens with one attached hydrogen (secondary N) is 1. The number of piperidine rings is 1. The number of hydrogen-bond acceptors (Lipinski definition) is 5. The molecule has 1 saturated heterocycles. The van der Waals surface area contributed by atoms with Crippen LogP contribution in [0.4, 0.5) is 0 Å². The van der Waals surface area contributed by atoms with Crippen molar-refractivity contribution >= 4 is 39.8 Å². The first kappa shape index (κ1) is 19.2. The molecule has 0 aliphatic carbocycles. The van der Waals surface area contributed by atoms with Crippen LogP contribution in [0.5, 0.6) is 0 Å². The van der Waals surface area contributed by atoms with Crippen LogP contribution >= 0.6 is 22.9 Å². The SMILES string of the molecule is O=C(NCC(c1cccs1)N1CCCCC1)c1cc(=O)c2cc(Cl)ccc2o1. The smallest absolute Gasteiger partial charge is 0.287 e.